The molecule has 2 aromatic rings. The Labute approximate surface area is 173 Å². The zero-order valence-electron chi connectivity index (χ0n) is 15.9. The van der Waals surface area contributed by atoms with Gasteiger partial charge in [-0.2, -0.15) is 8.42 Å². The molecule has 30 heavy (non-hydrogen) atoms. The Bertz CT molecular complexity index is 976. The lowest BCUT2D eigenvalue weighted by atomic mass is 10.0. The van der Waals surface area contributed by atoms with Crippen molar-refractivity contribution in [3.05, 3.63) is 71.8 Å². The van der Waals surface area contributed by atoms with Gasteiger partial charge in [0.15, 0.2) is 24.6 Å². The fourth-order valence-corrected chi connectivity index (χ4v) is 3.46. The molecule has 1 N–H and O–H groups in total. The van der Waals surface area contributed by atoms with Crippen LogP contribution in [0.2, 0.25) is 0 Å². The van der Waals surface area contributed by atoms with Crippen LogP contribution in [0.1, 0.15) is 20.7 Å². The average Bonchev–Trinajstić information content (AvgIpc) is 2.73. The number of benzene rings is 2. The van der Waals surface area contributed by atoms with Crippen LogP contribution in [0.15, 0.2) is 60.7 Å². The lowest BCUT2D eigenvalue weighted by molar-refractivity contribution is -0.243. The summed E-state index contributed by atoms with van der Waals surface area (Å²) in [5.41, 5.74) is 0.419. The molecule has 1 aliphatic heterocycles. The SMILES string of the molecule is CS(=O)(=O)O[C@H]1[C@H](OC(=O)c2ccccc2)[C@@H](OC(=O)c2ccccc2)CO[C@H]1O. The highest BCUT2D eigenvalue weighted by molar-refractivity contribution is 7.86. The van der Waals surface area contributed by atoms with Gasteiger partial charge in [-0.15, -0.1) is 0 Å². The first-order valence-electron chi connectivity index (χ1n) is 8.94. The van der Waals surface area contributed by atoms with Gasteiger partial charge in [0, 0.05) is 0 Å². The highest BCUT2D eigenvalue weighted by atomic mass is 32.2. The van der Waals surface area contributed by atoms with E-state index in [4.69, 9.17) is 18.4 Å². The average molecular weight is 436 g/mol. The van der Waals surface area contributed by atoms with Crippen LogP contribution < -0.4 is 0 Å². The van der Waals surface area contributed by atoms with Crippen LogP contribution in [0.5, 0.6) is 0 Å². The van der Waals surface area contributed by atoms with Crippen LogP contribution >= 0.6 is 0 Å². The maximum atomic E-state index is 12.5. The highest BCUT2D eigenvalue weighted by Crippen LogP contribution is 2.25. The van der Waals surface area contributed by atoms with Crippen LogP contribution in [0.25, 0.3) is 0 Å². The third kappa shape index (κ3) is 5.63. The van der Waals surface area contributed by atoms with Crippen molar-refractivity contribution in [1.29, 1.82) is 0 Å². The molecule has 1 heterocycles. The van der Waals surface area contributed by atoms with Crippen LogP contribution in [0.4, 0.5) is 0 Å². The first-order chi connectivity index (χ1) is 14.2. The molecule has 1 aliphatic rings. The summed E-state index contributed by atoms with van der Waals surface area (Å²) in [6.07, 6.45) is -5.24. The lowest BCUT2D eigenvalue weighted by Crippen LogP contribution is -2.57. The quantitative estimate of drug-likeness (QED) is 0.524. The molecule has 1 saturated heterocycles. The van der Waals surface area contributed by atoms with E-state index in [2.05, 4.69) is 0 Å². The number of carbonyl (C=O) groups excluding carboxylic acids is 2. The van der Waals surface area contributed by atoms with E-state index in [1.807, 2.05) is 0 Å². The number of esters is 2. The van der Waals surface area contributed by atoms with E-state index in [0.29, 0.717) is 0 Å². The van der Waals surface area contributed by atoms with E-state index in [-0.39, 0.29) is 17.7 Å². The van der Waals surface area contributed by atoms with Crippen molar-refractivity contribution < 1.29 is 41.5 Å². The zero-order valence-corrected chi connectivity index (χ0v) is 16.7. The minimum atomic E-state index is -4.07. The molecular formula is C20H20O9S. The van der Waals surface area contributed by atoms with Gasteiger partial charge in [0.2, 0.25) is 0 Å². The molecule has 0 unspecified atom stereocenters. The van der Waals surface area contributed by atoms with E-state index >= 15 is 0 Å². The molecule has 0 saturated carbocycles. The summed E-state index contributed by atoms with van der Waals surface area (Å²) in [5, 5.41) is 10.1. The van der Waals surface area contributed by atoms with Crippen LogP contribution in [-0.4, -0.2) is 62.9 Å². The minimum Gasteiger partial charge on any atom is -0.452 e. The van der Waals surface area contributed by atoms with E-state index in [1.54, 1.807) is 36.4 Å². The summed E-state index contributed by atoms with van der Waals surface area (Å²) >= 11 is 0. The highest BCUT2D eigenvalue weighted by Gasteiger charge is 2.47. The van der Waals surface area contributed by atoms with Crippen LogP contribution in [0.3, 0.4) is 0 Å². The fourth-order valence-electron chi connectivity index (χ4n) is 2.85. The number of hydrogen-bond donors (Lipinski definition) is 1. The van der Waals surface area contributed by atoms with Gasteiger partial charge in [-0.25, -0.2) is 9.59 Å². The standard InChI is InChI=1S/C20H20O9S/c1-30(24,25)29-17-16(28-19(22)14-10-6-3-7-11-14)15(12-26-20(17)23)27-18(21)13-8-4-2-5-9-13/h2-11,15-17,20,23H,12H2,1H3/t15-,16+,17-,20+/m0/s1. The number of aliphatic hydroxyl groups is 1. The summed E-state index contributed by atoms with van der Waals surface area (Å²) in [6, 6.07) is 16.0. The van der Waals surface area contributed by atoms with Gasteiger partial charge in [-0.3, -0.25) is 4.18 Å². The molecule has 1 fully saturated rings. The summed E-state index contributed by atoms with van der Waals surface area (Å²) < 4.78 is 44.1. The summed E-state index contributed by atoms with van der Waals surface area (Å²) in [4.78, 5) is 25.0. The van der Waals surface area contributed by atoms with Crippen molar-refractivity contribution >= 4 is 22.1 Å². The number of rotatable bonds is 6. The molecule has 9 nitrogen and oxygen atoms in total. The topological polar surface area (TPSA) is 125 Å². The fraction of sp³-hybridized carbons (Fsp3) is 0.300. The predicted molar refractivity (Wildman–Crippen MR) is 103 cm³/mol. The smallest absolute Gasteiger partial charge is 0.338 e. The first kappa shape index (κ1) is 21.9. The number of aliphatic hydroxyl groups excluding tert-OH is 1. The third-order valence-electron chi connectivity index (χ3n) is 4.21. The van der Waals surface area contributed by atoms with Gasteiger partial charge >= 0.3 is 11.9 Å². The molecule has 0 radical (unpaired) electrons. The second-order valence-corrected chi connectivity index (χ2v) is 8.14. The molecule has 160 valence electrons. The summed E-state index contributed by atoms with van der Waals surface area (Å²) in [5.74, 6) is -1.54. The second kappa shape index (κ2) is 9.35. The van der Waals surface area contributed by atoms with Gasteiger partial charge in [-0.05, 0) is 24.3 Å². The number of ether oxygens (including phenoxy) is 3. The van der Waals surface area contributed by atoms with Gasteiger partial charge in [0.1, 0.15) is 0 Å². The molecule has 10 heteroatoms. The van der Waals surface area contributed by atoms with Crippen LogP contribution in [0, 0.1) is 0 Å². The Morgan fingerprint density at radius 1 is 0.900 bits per heavy atom. The Hall–Kier alpha value is -2.79. The maximum absolute atomic E-state index is 12.5. The third-order valence-corrected chi connectivity index (χ3v) is 4.78. The molecule has 4 atom stereocenters. The molecule has 0 aromatic heterocycles. The Kier molecular flexibility index (Phi) is 6.83. The molecular weight excluding hydrogens is 416 g/mol. The zero-order chi connectivity index (χ0) is 21.7. The van der Waals surface area contributed by atoms with Gasteiger partial charge in [-0.1, -0.05) is 36.4 Å². The van der Waals surface area contributed by atoms with Gasteiger partial charge in [0.05, 0.1) is 24.0 Å². The predicted octanol–water partition coefficient (Wildman–Crippen LogP) is 1.13. The monoisotopic (exact) mass is 436 g/mol. The molecule has 0 amide bonds. The van der Waals surface area contributed by atoms with Crippen molar-refractivity contribution in [2.75, 3.05) is 12.9 Å². The van der Waals surface area contributed by atoms with Gasteiger partial charge < -0.3 is 19.3 Å². The first-order valence-corrected chi connectivity index (χ1v) is 10.8. The molecule has 2 aromatic carbocycles. The second-order valence-electron chi connectivity index (χ2n) is 6.53. The number of carbonyl (C=O) groups is 2. The largest absolute Gasteiger partial charge is 0.452 e. The van der Waals surface area contributed by atoms with Crippen molar-refractivity contribution in [1.82, 2.24) is 0 Å². The van der Waals surface area contributed by atoms with E-state index < -0.39 is 46.7 Å². The van der Waals surface area contributed by atoms with Crippen molar-refractivity contribution in [2.24, 2.45) is 0 Å². The summed E-state index contributed by atoms with van der Waals surface area (Å²) in [7, 11) is -4.07. The molecule has 3 rings (SSSR count). The Morgan fingerprint density at radius 3 is 1.90 bits per heavy atom. The Morgan fingerprint density at radius 2 is 1.40 bits per heavy atom. The number of hydrogen-bond acceptors (Lipinski definition) is 9. The molecule has 0 bridgehead atoms. The van der Waals surface area contributed by atoms with E-state index in [0.717, 1.165) is 6.26 Å². The summed E-state index contributed by atoms with van der Waals surface area (Å²) in [6.45, 7) is -0.337. The Balaban J connectivity index is 1.86. The van der Waals surface area contributed by atoms with Crippen molar-refractivity contribution in [3.63, 3.8) is 0 Å². The van der Waals surface area contributed by atoms with Gasteiger partial charge in [0.25, 0.3) is 10.1 Å². The van der Waals surface area contributed by atoms with Crippen molar-refractivity contribution in [3.8, 4) is 0 Å². The maximum Gasteiger partial charge on any atom is 0.338 e. The van der Waals surface area contributed by atoms with Crippen molar-refractivity contribution in [2.45, 2.75) is 24.6 Å². The van der Waals surface area contributed by atoms with Crippen LogP contribution in [-0.2, 0) is 28.5 Å². The molecule has 0 aliphatic carbocycles. The minimum absolute atomic E-state index is 0.185. The lowest BCUT2D eigenvalue weighted by Gasteiger charge is -2.38. The van der Waals surface area contributed by atoms with E-state index in [1.165, 1.54) is 24.3 Å². The normalized spacial score (nSPS) is 24.1. The molecule has 0 spiro atoms. The van der Waals surface area contributed by atoms with E-state index in [9.17, 15) is 23.1 Å².